The van der Waals surface area contributed by atoms with E-state index in [-0.39, 0.29) is 12.4 Å². The number of fused-ring (bicyclic) bond motifs is 1. The van der Waals surface area contributed by atoms with Gasteiger partial charge in [-0.1, -0.05) is 42.5 Å². The molecule has 1 aliphatic heterocycles. The molecular formula is C19H25ClN2O. The number of hydrogen-bond donors (Lipinski definition) is 1. The van der Waals surface area contributed by atoms with Crippen molar-refractivity contribution in [2.24, 2.45) is 0 Å². The second-order valence-electron chi connectivity index (χ2n) is 6.23. The number of hydrogen-bond acceptors (Lipinski definition) is 2. The van der Waals surface area contributed by atoms with Crippen LogP contribution >= 0.6 is 12.4 Å². The summed E-state index contributed by atoms with van der Waals surface area (Å²) in [6.07, 6.45) is 2.55. The summed E-state index contributed by atoms with van der Waals surface area (Å²) in [7, 11) is 0. The van der Waals surface area contributed by atoms with E-state index in [0.717, 1.165) is 32.5 Å². The maximum Gasteiger partial charge on any atom is 0.222 e. The molecule has 1 heterocycles. The summed E-state index contributed by atoms with van der Waals surface area (Å²) in [6.45, 7) is 4.74. The fourth-order valence-corrected chi connectivity index (χ4v) is 3.15. The van der Waals surface area contributed by atoms with E-state index < -0.39 is 0 Å². The second kappa shape index (κ2) is 8.32. The Morgan fingerprint density at radius 3 is 2.78 bits per heavy atom. The lowest BCUT2D eigenvalue weighted by atomic mass is 10.0. The van der Waals surface area contributed by atoms with Gasteiger partial charge in [0.25, 0.3) is 0 Å². The minimum atomic E-state index is 0. The molecule has 0 spiro atoms. The van der Waals surface area contributed by atoms with Gasteiger partial charge in [-0.3, -0.25) is 4.79 Å². The number of amides is 1. The van der Waals surface area contributed by atoms with Gasteiger partial charge in [0.15, 0.2) is 0 Å². The van der Waals surface area contributed by atoms with E-state index in [1.54, 1.807) is 0 Å². The molecule has 3 rings (SSSR count). The first-order valence-corrected chi connectivity index (χ1v) is 8.21. The first kappa shape index (κ1) is 17.8. The smallest absolute Gasteiger partial charge is 0.222 e. The highest BCUT2D eigenvalue weighted by Crippen LogP contribution is 2.17. The fraction of sp³-hybridized carbons (Fsp3) is 0.421. The van der Waals surface area contributed by atoms with Gasteiger partial charge in [-0.15, -0.1) is 12.4 Å². The highest BCUT2D eigenvalue weighted by molar-refractivity contribution is 5.85. The number of carbonyl (C=O) groups is 1. The van der Waals surface area contributed by atoms with E-state index in [2.05, 4.69) is 54.7 Å². The molecule has 124 valence electrons. The van der Waals surface area contributed by atoms with Gasteiger partial charge in [0.05, 0.1) is 0 Å². The molecule has 1 fully saturated rings. The van der Waals surface area contributed by atoms with Crippen molar-refractivity contribution < 1.29 is 4.79 Å². The number of nitrogens with one attached hydrogen (secondary N) is 1. The van der Waals surface area contributed by atoms with Crippen LogP contribution in [0.3, 0.4) is 0 Å². The Bertz CT molecular complexity index is 659. The van der Waals surface area contributed by atoms with Crippen LogP contribution in [-0.4, -0.2) is 36.5 Å². The summed E-state index contributed by atoms with van der Waals surface area (Å²) in [5, 5.41) is 5.93. The second-order valence-corrected chi connectivity index (χ2v) is 6.23. The van der Waals surface area contributed by atoms with E-state index >= 15 is 0 Å². The standard InChI is InChI=1S/C19H24N2O.ClH/c1-15-14-21(12-11-20-15)19(22)8-4-5-16-9-10-17-6-2-3-7-18(17)13-16;/h2-3,6-7,9-10,13,15,20H,4-5,8,11-12,14H2,1H3;1H/t15-;/m1./s1. The van der Waals surface area contributed by atoms with Crippen LogP contribution in [0.25, 0.3) is 10.8 Å². The predicted octanol–water partition coefficient (Wildman–Crippen LogP) is 3.40. The summed E-state index contributed by atoms with van der Waals surface area (Å²) in [4.78, 5) is 14.2. The Kier molecular flexibility index (Phi) is 6.43. The van der Waals surface area contributed by atoms with Gasteiger partial charge in [-0.25, -0.2) is 0 Å². The highest BCUT2D eigenvalue weighted by atomic mass is 35.5. The average Bonchev–Trinajstić information content (AvgIpc) is 2.54. The maximum absolute atomic E-state index is 12.2. The van der Waals surface area contributed by atoms with E-state index in [1.807, 2.05) is 4.90 Å². The number of aryl methyl sites for hydroxylation is 1. The van der Waals surface area contributed by atoms with Crippen LogP contribution in [0, 0.1) is 0 Å². The van der Waals surface area contributed by atoms with E-state index in [1.165, 1.54) is 16.3 Å². The lowest BCUT2D eigenvalue weighted by molar-refractivity contribution is -0.132. The largest absolute Gasteiger partial charge is 0.340 e. The highest BCUT2D eigenvalue weighted by Gasteiger charge is 2.19. The van der Waals surface area contributed by atoms with Crippen LogP contribution < -0.4 is 5.32 Å². The van der Waals surface area contributed by atoms with Gasteiger partial charge >= 0.3 is 0 Å². The molecule has 1 amide bonds. The quantitative estimate of drug-likeness (QED) is 0.930. The number of piperazine rings is 1. The Labute approximate surface area is 144 Å². The maximum atomic E-state index is 12.2. The Balaban J connectivity index is 0.00000192. The molecule has 1 saturated heterocycles. The first-order valence-electron chi connectivity index (χ1n) is 8.21. The van der Waals surface area contributed by atoms with Crippen molar-refractivity contribution in [3.05, 3.63) is 48.0 Å². The SMILES string of the molecule is C[C@@H]1CN(C(=O)CCCc2ccc3ccccc3c2)CCN1.Cl. The van der Waals surface area contributed by atoms with Crippen molar-refractivity contribution >= 4 is 29.1 Å². The van der Waals surface area contributed by atoms with Crippen LogP contribution in [0.5, 0.6) is 0 Å². The topological polar surface area (TPSA) is 32.3 Å². The monoisotopic (exact) mass is 332 g/mol. The van der Waals surface area contributed by atoms with Crippen molar-refractivity contribution in [3.63, 3.8) is 0 Å². The van der Waals surface area contributed by atoms with E-state index in [9.17, 15) is 4.79 Å². The van der Waals surface area contributed by atoms with Gasteiger partial charge in [0.2, 0.25) is 5.91 Å². The molecule has 4 heteroatoms. The molecule has 0 radical (unpaired) electrons. The average molecular weight is 333 g/mol. The molecule has 0 aliphatic carbocycles. The Morgan fingerprint density at radius 1 is 1.22 bits per heavy atom. The number of rotatable bonds is 4. The van der Waals surface area contributed by atoms with Crippen molar-refractivity contribution in [1.29, 1.82) is 0 Å². The molecule has 2 aromatic carbocycles. The van der Waals surface area contributed by atoms with Gasteiger partial charge < -0.3 is 10.2 Å². The molecule has 1 N–H and O–H groups in total. The fourth-order valence-electron chi connectivity index (χ4n) is 3.15. The molecular weight excluding hydrogens is 308 g/mol. The summed E-state index contributed by atoms with van der Waals surface area (Å²) in [5.41, 5.74) is 1.32. The summed E-state index contributed by atoms with van der Waals surface area (Å²) < 4.78 is 0. The lowest BCUT2D eigenvalue weighted by Gasteiger charge is -2.32. The number of nitrogens with zero attached hydrogens (tertiary/aromatic N) is 1. The Hall–Kier alpha value is -1.58. The van der Waals surface area contributed by atoms with E-state index in [4.69, 9.17) is 0 Å². The predicted molar refractivity (Wildman–Crippen MR) is 98.2 cm³/mol. The Morgan fingerprint density at radius 2 is 2.00 bits per heavy atom. The number of benzene rings is 2. The minimum absolute atomic E-state index is 0. The molecule has 0 saturated carbocycles. The zero-order valence-electron chi connectivity index (χ0n) is 13.6. The van der Waals surface area contributed by atoms with Crippen molar-refractivity contribution in [3.8, 4) is 0 Å². The lowest BCUT2D eigenvalue weighted by Crippen LogP contribution is -2.51. The van der Waals surface area contributed by atoms with Crippen LogP contribution in [-0.2, 0) is 11.2 Å². The van der Waals surface area contributed by atoms with E-state index in [0.29, 0.717) is 18.4 Å². The molecule has 3 nitrogen and oxygen atoms in total. The molecule has 0 bridgehead atoms. The van der Waals surface area contributed by atoms with Crippen LogP contribution in [0.4, 0.5) is 0 Å². The summed E-state index contributed by atoms with van der Waals surface area (Å²) >= 11 is 0. The summed E-state index contributed by atoms with van der Waals surface area (Å²) in [5.74, 6) is 0.300. The van der Waals surface area contributed by atoms with Crippen LogP contribution in [0.15, 0.2) is 42.5 Å². The van der Waals surface area contributed by atoms with Crippen molar-refractivity contribution in [2.75, 3.05) is 19.6 Å². The molecule has 0 aromatic heterocycles. The molecule has 23 heavy (non-hydrogen) atoms. The first-order chi connectivity index (χ1) is 10.7. The normalized spacial score (nSPS) is 17.8. The van der Waals surface area contributed by atoms with Gasteiger partial charge in [-0.2, -0.15) is 0 Å². The molecule has 1 aliphatic rings. The third-order valence-corrected chi connectivity index (χ3v) is 4.39. The molecule has 2 aromatic rings. The minimum Gasteiger partial charge on any atom is -0.340 e. The van der Waals surface area contributed by atoms with Gasteiger partial charge in [-0.05, 0) is 36.1 Å². The zero-order valence-corrected chi connectivity index (χ0v) is 14.4. The van der Waals surface area contributed by atoms with Crippen molar-refractivity contribution in [2.45, 2.75) is 32.2 Å². The molecule has 1 atom stereocenters. The number of halogens is 1. The number of carbonyl (C=O) groups excluding carboxylic acids is 1. The molecule has 0 unspecified atom stereocenters. The third-order valence-electron chi connectivity index (χ3n) is 4.39. The van der Waals surface area contributed by atoms with Crippen LogP contribution in [0.2, 0.25) is 0 Å². The van der Waals surface area contributed by atoms with Crippen LogP contribution in [0.1, 0.15) is 25.3 Å². The zero-order chi connectivity index (χ0) is 15.4. The van der Waals surface area contributed by atoms with Crippen molar-refractivity contribution in [1.82, 2.24) is 10.2 Å². The summed E-state index contributed by atoms with van der Waals surface area (Å²) in [6, 6.07) is 15.4. The third kappa shape index (κ3) is 4.69. The van der Waals surface area contributed by atoms with Gasteiger partial charge in [0, 0.05) is 32.1 Å². The van der Waals surface area contributed by atoms with Gasteiger partial charge in [0.1, 0.15) is 0 Å².